The SMILES string of the molecule is CC(C)CC1(CNC(=O)C(C)CN)CCC1.Cl. The van der Waals surface area contributed by atoms with E-state index in [1.165, 1.54) is 25.7 Å². The topological polar surface area (TPSA) is 55.1 Å². The largest absolute Gasteiger partial charge is 0.355 e. The highest BCUT2D eigenvalue weighted by molar-refractivity contribution is 5.85. The molecule has 1 amide bonds. The van der Waals surface area contributed by atoms with E-state index in [2.05, 4.69) is 19.2 Å². The van der Waals surface area contributed by atoms with Crippen LogP contribution in [0, 0.1) is 17.3 Å². The molecule has 0 radical (unpaired) electrons. The van der Waals surface area contributed by atoms with Gasteiger partial charge in [-0.1, -0.05) is 27.2 Å². The van der Waals surface area contributed by atoms with Crippen LogP contribution < -0.4 is 11.1 Å². The second-order valence-electron chi connectivity index (χ2n) is 5.81. The molecule has 3 N–H and O–H groups in total. The Morgan fingerprint density at radius 1 is 1.35 bits per heavy atom. The number of nitrogens with one attached hydrogen (secondary N) is 1. The quantitative estimate of drug-likeness (QED) is 0.772. The molecule has 0 aromatic rings. The lowest BCUT2D eigenvalue weighted by Crippen LogP contribution is -2.45. The molecule has 17 heavy (non-hydrogen) atoms. The molecule has 3 nitrogen and oxygen atoms in total. The number of hydrogen-bond donors (Lipinski definition) is 2. The van der Waals surface area contributed by atoms with Gasteiger partial charge in [0, 0.05) is 19.0 Å². The molecule has 0 aromatic carbocycles. The molecule has 1 aliphatic rings. The summed E-state index contributed by atoms with van der Waals surface area (Å²) in [6, 6.07) is 0. The number of amides is 1. The summed E-state index contributed by atoms with van der Waals surface area (Å²) in [5.41, 5.74) is 5.87. The van der Waals surface area contributed by atoms with Crippen LogP contribution in [0.3, 0.4) is 0 Å². The third-order valence-electron chi connectivity index (χ3n) is 3.69. The number of rotatable bonds is 6. The minimum Gasteiger partial charge on any atom is -0.355 e. The highest BCUT2D eigenvalue weighted by Gasteiger charge is 2.37. The molecule has 1 aliphatic carbocycles. The minimum absolute atomic E-state index is 0. The van der Waals surface area contributed by atoms with Crippen LogP contribution in [0.25, 0.3) is 0 Å². The fraction of sp³-hybridized carbons (Fsp3) is 0.923. The summed E-state index contributed by atoms with van der Waals surface area (Å²) in [6.07, 6.45) is 5.07. The fourth-order valence-corrected chi connectivity index (χ4v) is 2.55. The van der Waals surface area contributed by atoms with Crippen molar-refractivity contribution in [1.82, 2.24) is 5.32 Å². The van der Waals surface area contributed by atoms with Crippen molar-refractivity contribution < 1.29 is 4.79 Å². The molecular formula is C13H27ClN2O. The van der Waals surface area contributed by atoms with E-state index < -0.39 is 0 Å². The van der Waals surface area contributed by atoms with Gasteiger partial charge in [0.15, 0.2) is 0 Å². The molecule has 0 aliphatic heterocycles. The van der Waals surface area contributed by atoms with Crippen molar-refractivity contribution in [2.45, 2.75) is 46.5 Å². The Labute approximate surface area is 111 Å². The van der Waals surface area contributed by atoms with Crippen molar-refractivity contribution in [3.63, 3.8) is 0 Å². The summed E-state index contributed by atoms with van der Waals surface area (Å²) in [5.74, 6) is 0.762. The molecule has 0 heterocycles. The van der Waals surface area contributed by atoms with E-state index in [9.17, 15) is 4.79 Å². The minimum atomic E-state index is -0.0591. The van der Waals surface area contributed by atoms with Crippen LogP contribution in [-0.4, -0.2) is 19.0 Å². The van der Waals surface area contributed by atoms with E-state index in [1.807, 2.05) is 6.92 Å². The zero-order valence-corrected chi connectivity index (χ0v) is 12.1. The van der Waals surface area contributed by atoms with E-state index in [0.717, 1.165) is 6.54 Å². The zero-order chi connectivity index (χ0) is 12.2. The molecule has 0 aromatic heterocycles. The van der Waals surface area contributed by atoms with Gasteiger partial charge >= 0.3 is 0 Å². The van der Waals surface area contributed by atoms with E-state index in [1.54, 1.807) is 0 Å². The Morgan fingerprint density at radius 2 is 1.94 bits per heavy atom. The van der Waals surface area contributed by atoms with E-state index in [4.69, 9.17) is 5.73 Å². The summed E-state index contributed by atoms with van der Waals surface area (Å²) < 4.78 is 0. The van der Waals surface area contributed by atoms with Crippen molar-refractivity contribution in [3.8, 4) is 0 Å². The molecule has 0 saturated heterocycles. The number of hydrogen-bond acceptors (Lipinski definition) is 2. The molecule has 102 valence electrons. The van der Waals surface area contributed by atoms with Gasteiger partial charge in [-0.25, -0.2) is 0 Å². The average molecular weight is 263 g/mol. The normalized spacial score (nSPS) is 19.1. The second-order valence-corrected chi connectivity index (χ2v) is 5.81. The first-order chi connectivity index (χ1) is 7.49. The number of carbonyl (C=O) groups is 1. The standard InChI is InChI=1S/C13H26N2O.ClH/c1-10(2)7-13(5-4-6-13)9-15-12(16)11(3)8-14;/h10-11H,4-9,14H2,1-3H3,(H,15,16);1H. The van der Waals surface area contributed by atoms with Gasteiger partial charge in [0.1, 0.15) is 0 Å². The third kappa shape index (κ3) is 4.84. The van der Waals surface area contributed by atoms with Crippen LogP contribution in [-0.2, 0) is 4.79 Å². The van der Waals surface area contributed by atoms with E-state index in [-0.39, 0.29) is 24.2 Å². The number of nitrogens with two attached hydrogens (primary N) is 1. The summed E-state index contributed by atoms with van der Waals surface area (Å²) in [5, 5.41) is 3.06. The van der Waals surface area contributed by atoms with E-state index >= 15 is 0 Å². The highest BCUT2D eigenvalue weighted by Crippen LogP contribution is 2.45. The Bertz CT molecular complexity index is 240. The average Bonchev–Trinajstić information content (AvgIpc) is 2.19. The van der Waals surface area contributed by atoms with Gasteiger partial charge in [0.05, 0.1) is 0 Å². The van der Waals surface area contributed by atoms with Gasteiger partial charge in [-0.2, -0.15) is 0 Å². The summed E-state index contributed by atoms with van der Waals surface area (Å²) in [6.45, 7) is 7.66. The Kier molecular flexibility index (Phi) is 7.10. The molecule has 1 rings (SSSR count). The van der Waals surface area contributed by atoms with Gasteiger partial charge in [0.25, 0.3) is 0 Å². The van der Waals surface area contributed by atoms with Crippen LogP contribution in [0.5, 0.6) is 0 Å². The lowest BCUT2D eigenvalue weighted by atomic mass is 9.64. The first-order valence-corrected chi connectivity index (χ1v) is 6.47. The molecule has 0 bridgehead atoms. The Hall–Kier alpha value is -0.280. The van der Waals surface area contributed by atoms with Crippen LogP contribution in [0.2, 0.25) is 0 Å². The van der Waals surface area contributed by atoms with Gasteiger partial charge in [0.2, 0.25) is 5.91 Å². The van der Waals surface area contributed by atoms with Crippen LogP contribution in [0.4, 0.5) is 0 Å². The molecule has 1 saturated carbocycles. The van der Waals surface area contributed by atoms with Crippen molar-refractivity contribution >= 4 is 18.3 Å². The van der Waals surface area contributed by atoms with Crippen molar-refractivity contribution in [1.29, 1.82) is 0 Å². The second kappa shape index (κ2) is 7.22. The van der Waals surface area contributed by atoms with Crippen LogP contribution >= 0.6 is 12.4 Å². The first-order valence-electron chi connectivity index (χ1n) is 6.47. The van der Waals surface area contributed by atoms with Gasteiger partial charge in [-0.15, -0.1) is 12.4 Å². The molecule has 4 heteroatoms. The molecule has 0 spiro atoms. The maximum absolute atomic E-state index is 11.7. The maximum atomic E-state index is 11.7. The lowest BCUT2D eigenvalue weighted by Gasteiger charge is -2.43. The smallest absolute Gasteiger partial charge is 0.224 e. The highest BCUT2D eigenvalue weighted by atomic mass is 35.5. The predicted molar refractivity (Wildman–Crippen MR) is 74.2 cm³/mol. The lowest BCUT2D eigenvalue weighted by molar-refractivity contribution is -0.125. The van der Waals surface area contributed by atoms with Gasteiger partial charge < -0.3 is 11.1 Å². The Morgan fingerprint density at radius 3 is 2.29 bits per heavy atom. The predicted octanol–water partition coefficient (Wildman–Crippen LogP) is 2.34. The summed E-state index contributed by atoms with van der Waals surface area (Å²) >= 11 is 0. The molecule has 1 atom stereocenters. The summed E-state index contributed by atoms with van der Waals surface area (Å²) in [4.78, 5) is 11.7. The van der Waals surface area contributed by atoms with Crippen LogP contribution in [0.15, 0.2) is 0 Å². The molecular weight excluding hydrogens is 236 g/mol. The van der Waals surface area contributed by atoms with E-state index in [0.29, 0.717) is 17.9 Å². The maximum Gasteiger partial charge on any atom is 0.224 e. The van der Waals surface area contributed by atoms with Crippen molar-refractivity contribution in [2.75, 3.05) is 13.1 Å². The number of carbonyl (C=O) groups excluding carboxylic acids is 1. The summed E-state index contributed by atoms with van der Waals surface area (Å²) in [7, 11) is 0. The Balaban J connectivity index is 0.00000256. The first kappa shape index (κ1) is 16.7. The molecule has 1 unspecified atom stereocenters. The fourth-order valence-electron chi connectivity index (χ4n) is 2.55. The van der Waals surface area contributed by atoms with Crippen LogP contribution in [0.1, 0.15) is 46.5 Å². The van der Waals surface area contributed by atoms with Gasteiger partial charge in [-0.3, -0.25) is 4.79 Å². The molecule has 1 fully saturated rings. The monoisotopic (exact) mass is 262 g/mol. The van der Waals surface area contributed by atoms with Crippen molar-refractivity contribution in [2.24, 2.45) is 23.0 Å². The van der Waals surface area contributed by atoms with Crippen molar-refractivity contribution in [3.05, 3.63) is 0 Å². The third-order valence-corrected chi connectivity index (χ3v) is 3.69. The van der Waals surface area contributed by atoms with Gasteiger partial charge in [-0.05, 0) is 30.6 Å². The zero-order valence-electron chi connectivity index (χ0n) is 11.3. The number of halogens is 1.